The van der Waals surface area contributed by atoms with Crippen LogP contribution < -0.4 is 5.73 Å². The highest BCUT2D eigenvalue weighted by Gasteiger charge is 2.13. The summed E-state index contributed by atoms with van der Waals surface area (Å²) < 4.78 is 5.12. The van der Waals surface area contributed by atoms with E-state index in [0.29, 0.717) is 13.0 Å². The normalized spacial score (nSPS) is 12.4. The molecule has 1 aromatic heterocycles. The Morgan fingerprint density at radius 3 is 3.06 bits per heavy atom. The van der Waals surface area contributed by atoms with Crippen molar-refractivity contribution >= 4 is 17.3 Å². The first-order chi connectivity index (χ1) is 7.74. The van der Waals surface area contributed by atoms with Gasteiger partial charge in [0, 0.05) is 11.3 Å². The molecule has 0 bridgehead atoms. The first kappa shape index (κ1) is 13.2. The highest BCUT2D eigenvalue weighted by Crippen LogP contribution is 2.09. The molecule has 90 valence electrons. The first-order valence-corrected chi connectivity index (χ1v) is 6.56. The van der Waals surface area contributed by atoms with Crippen LogP contribution in [0.2, 0.25) is 0 Å². The maximum atomic E-state index is 11.4. The molecular weight excluding hydrogens is 222 g/mol. The summed E-state index contributed by atoms with van der Waals surface area (Å²) >= 11 is 1.67. The molecule has 1 atom stereocenters. The van der Waals surface area contributed by atoms with E-state index in [1.807, 2.05) is 17.5 Å². The second-order valence-electron chi connectivity index (χ2n) is 3.75. The predicted molar refractivity (Wildman–Crippen MR) is 66.5 cm³/mol. The van der Waals surface area contributed by atoms with Gasteiger partial charge < -0.3 is 10.5 Å². The largest absolute Gasteiger partial charge is 0.464 e. The standard InChI is InChI=1S/C12H19NO2S/c1-2-3-6-11(13)12(14)15-8-7-10-5-4-9-16-10/h4-5,9,11H,2-3,6-8,13H2,1H3. The monoisotopic (exact) mass is 241 g/mol. The van der Waals surface area contributed by atoms with Gasteiger partial charge in [-0.2, -0.15) is 0 Å². The Kier molecular flexibility index (Phi) is 6.11. The van der Waals surface area contributed by atoms with Gasteiger partial charge in [-0.15, -0.1) is 11.3 Å². The van der Waals surface area contributed by atoms with Gasteiger partial charge in [-0.3, -0.25) is 4.79 Å². The van der Waals surface area contributed by atoms with Crippen LogP contribution in [0.25, 0.3) is 0 Å². The zero-order valence-electron chi connectivity index (χ0n) is 9.65. The SMILES string of the molecule is CCCCC(N)C(=O)OCCc1cccs1. The number of ether oxygens (including phenoxy) is 1. The topological polar surface area (TPSA) is 52.3 Å². The van der Waals surface area contributed by atoms with Gasteiger partial charge in [0.15, 0.2) is 0 Å². The summed E-state index contributed by atoms with van der Waals surface area (Å²) in [5, 5.41) is 2.02. The van der Waals surface area contributed by atoms with E-state index in [0.717, 1.165) is 19.3 Å². The van der Waals surface area contributed by atoms with E-state index in [1.54, 1.807) is 11.3 Å². The van der Waals surface area contributed by atoms with Crippen LogP contribution in [-0.4, -0.2) is 18.6 Å². The first-order valence-electron chi connectivity index (χ1n) is 5.68. The summed E-state index contributed by atoms with van der Waals surface area (Å²) in [5.74, 6) is -0.273. The Balaban J connectivity index is 2.14. The molecule has 0 amide bonds. The number of carbonyl (C=O) groups is 1. The van der Waals surface area contributed by atoms with Crippen molar-refractivity contribution in [1.29, 1.82) is 0 Å². The van der Waals surface area contributed by atoms with Crippen LogP contribution in [0.1, 0.15) is 31.1 Å². The van der Waals surface area contributed by atoms with E-state index in [1.165, 1.54) is 4.88 Å². The van der Waals surface area contributed by atoms with Crippen LogP contribution in [0.5, 0.6) is 0 Å². The molecule has 1 heterocycles. The summed E-state index contributed by atoms with van der Waals surface area (Å²) in [6, 6.07) is 3.58. The smallest absolute Gasteiger partial charge is 0.322 e. The van der Waals surface area contributed by atoms with E-state index in [9.17, 15) is 4.79 Å². The van der Waals surface area contributed by atoms with Crippen LogP contribution in [-0.2, 0) is 16.0 Å². The maximum Gasteiger partial charge on any atom is 0.322 e. The molecular formula is C12H19NO2S. The predicted octanol–water partition coefficient (Wildman–Crippen LogP) is 2.35. The second kappa shape index (κ2) is 7.41. The molecule has 0 radical (unpaired) electrons. The molecule has 1 rings (SSSR count). The van der Waals surface area contributed by atoms with Crippen molar-refractivity contribution in [3.05, 3.63) is 22.4 Å². The van der Waals surface area contributed by atoms with Gasteiger partial charge in [0.1, 0.15) is 6.04 Å². The van der Waals surface area contributed by atoms with Crippen LogP contribution in [0, 0.1) is 0 Å². The molecule has 0 aliphatic heterocycles. The minimum atomic E-state index is -0.455. The van der Waals surface area contributed by atoms with Gasteiger partial charge in [0.25, 0.3) is 0 Å². The minimum Gasteiger partial charge on any atom is -0.464 e. The zero-order chi connectivity index (χ0) is 11.8. The molecule has 16 heavy (non-hydrogen) atoms. The quantitative estimate of drug-likeness (QED) is 0.745. The fourth-order valence-electron chi connectivity index (χ4n) is 1.36. The van der Waals surface area contributed by atoms with Crippen LogP contribution >= 0.6 is 11.3 Å². The molecule has 0 saturated heterocycles. The van der Waals surface area contributed by atoms with E-state index in [4.69, 9.17) is 10.5 Å². The number of rotatable bonds is 7. The van der Waals surface area contributed by atoms with Crippen LogP contribution in [0.4, 0.5) is 0 Å². The number of carbonyl (C=O) groups excluding carboxylic acids is 1. The molecule has 0 fully saturated rings. The van der Waals surface area contributed by atoms with Crippen molar-refractivity contribution < 1.29 is 9.53 Å². The highest BCUT2D eigenvalue weighted by atomic mass is 32.1. The molecule has 1 aromatic rings. The molecule has 0 aliphatic carbocycles. The summed E-state index contributed by atoms with van der Waals surface area (Å²) in [7, 11) is 0. The third-order valence-corrected chi connectivity index (χ3v) is 3.28. The number of thiophene rings is 1. The molecule has 0 spiro atoms. The minimum absolute atomic E-state index is 0.273. The van der Waals surface area contributed by atoms with Crippen molar-refractivity contribution in [2.75, 3.05) is 6.61 Å². The lowest BCUT2D eigenvalue weighted by Gasteiger charge is -2.10. The fraction of sp³-hybridized carbons (Fsp3) is 0.583. The molecule has 4 heteroatoms. The number of hydrogen-bond donors (Lipinski definition) is 1. The van der Waals surface area contributed by atoms with Crippen molar-refractivity contribution in [1.82, 2.24) is 0 Å². The number of nitrogens with two attached hydrogens (primary N) is 1. The Hall–Kier alpha value is -0.870. The van der Waals surface area contributed by atoms with Crippen LogP contribution in [0.3, 0.4) is 0 Å². The van der Waals surface area contributed by atoms with Gasteiger partial charge in [0.2, 0.25) is 0 Å². The van der Waals surface area contributed by atoms with E-state index in [2.05, 4.69) is 6.92 Å². The lowest BCUT2D eigenvalue weighted by Crippen LogP contribution is -2.32. The van der Waals surface area contributed by atoms with Gasteiger partial charge in [0.05, 0.1) is 6.61 Å². The van der Waals surface area contributed by atoms with Crippen molar-refractivity contribution in [2.24, 2.45) is 5.73 Å². The third-order valence-electron chi connectivity index (χ3n) is 2.34. The zero-order valence-corrected chi connectivity index (χ0v) is 10.5. The van der Waals surface area contributed by atoms with Crippen molar-refractivity contribution in [3.8, 4) is 0 Å². The summed E-state index contributed by atoms with van der Waals surface area (Å²) in [6.07, 6.45) is 3.52. The molecule has 1 unspecified atom stereocenters. The number of hydrogen-bond acceptors (Lipinski definition) is 4. The van der Waals surface area contributed by atoms with E-state index in [-0.39, 0.29) is 5.97 Å². The summed E-state index contributed by atoms with van der Waals surface area (Å²) in [5.41, 5.74) is 5.69. The highest BCUT2D eigenvalue weighted by molar-refractivity contribution is 7.09. The number of unbranched alkanes of at least 4 members (excludes halogenated alkanes) is 1. The van der Waals surface area contributed by atoms with Crippen LogP contribution in [0.15, 0.2) is 17.5 Å². The molecule has 0 aliphatic rings. The second-order valence-corrected chi connectivity index (χ2v) is 4.78. The fourth-order valence-corrected chi connectivity index (χ4v) is 2.05. The van der Waals surface area contributed by atoms with Gasteiger partial charge in [-0.05, 0) is 17.9 Å². The molecule has 2 N–H and O–H groups in total. The Morgan fingerprint density at radius 2 is 2.44 bits per heavy atom. The third kappa shape index (κ3) is 4.77. The van der Waals surface area contributed by atoms with Gasteiger partial charge >= 0.3 is 5.97 Å². The lowest BCUT2D eigenvalue weighted by molar-refractivity contribution is -0.145. The molecule has 0 aromatic carbocycles. The lowest BCUT2D eigenvalue weighted by atomic mass is 10.1. The van der Waals surface area contributed by atoms with E-state index >= 15 is 0 Å². The van der Waals surface area contributed by atoms with Crippen molar-refractivity contribution in [2.45, 2.75) is 38.6 Å². The van der Waals surface area contributed by atoms with Gasteiger partial charge in [-0.25, -0.2) is 0 Å². The Morgan fingerprint density at radius 1 is 1.62 bits per heavy atom. The maximum absolute atomic E-state index is 11.4. The molecule has 0 saturated carbocycles. The average Bonchev–Trinajstić information content (AvgIpc) is 2.78. The van der Waals surface area contributed by atoms with Crippen molar-refractivity contribution in [3.63, 3.8) is 0 Å². The van der Waals surface area contributed by atoms with Gasteiger partial charge in [-0.1, -0.05) is 25.8 Å². The number of esters is 1. The summed E-state index contributed by atoms with van der Waals surface area (Å²) in [4.78, 5) is 12.7. The average molecular weight is 241 g/mol. The summed E-state index contributed by atoms with van der Waals surface area (Å²) in [6.45, 7) is 2.51. The Labute approximate surface area is 101 Å². The van der Waals surface area contributed by atoms with E-state index < -0.39 is 6.04 Å². The Bertz CT molecular complexity index is 298. The molecule has 3 nitrogen and oxygen atoms in total.